The van der Waals surface area contributed by atoms with Gasteiger partial charge in [-0.05, 0) is 13.0 Å². The molecule has 17 heavy (non-hydrogen) atoms. The van der Waals surface area contributed by atoms with Gasteiger partial charge >= 0.3 is 0 Å². The molecule has 0 aromatic carbocycles. The van der Waals surface area contributed by atoms with Crippen molar-refractivity contribution in [3.8, 4) is 0 Å². The van der Waals surface area contributed by atoms with E-state index in [0.717, 1.165) is 23.2 Å². The van der Waals surface area contributed by atoms with Crippen LogP contribution >= 0.6 is 0 Å². The van der Waals surface area contributed by atoms with Gasteiger partial charge in [0.25, 0.3) is 0 Å². The maximum Gasteiger partial charge on any atom is 0.131 e. The summed E-state index contributed by atoms with van der Waals surface area (Å²) in [7, 11) is 1.82. The first kappa shape index (κ1) is 11.3. The number of aryl methyl sites for hydroxylation is 1. The van der Waals surface area contributed by atoms with Crippen molar-refractivity contribution >= 4 is 11.6 Å². The van der Waals surface area contributed by atoms with Gasteiger partial charge in [-0.3, -0.25) is 0 Å². The first-order valence-electron chi connectivity index (χ1n) is 5.30. The highest BCUT2D eigenvalue weighted by Gasteiger charge is 1.98. The van der Waals surface area contributed by atoms with Gasteiger partial charge in [0, 0.05) is 19.3 Å². The van der Waals surface area contributed by atoms with Gasteiger partial charge in [0.05, 0.1) is 12.2 Å². The van der Waals surface area contributed by atoms with E-state index < -0.39 is 0 Å². The summed E-state index contributed by atoms with van der Waals surface area (Å²) in [5.41, 5.74) is 0.933. The van der Waals surface area contributed by atoms with E-state index in [9.17, 15) is 0 Å². The van der Waals surface area contributed by atoms with E-state index in [1.807, 2.05) is 26.1 Å². The topological polar surface area (TPSA) is 75.6 Å². The highest BCUT2D eigenvalue weighted by Crippen LogP contribution is 2.08. The number of nitrogens with one attached hydrogen (secondary N) is 2. The minimum absolute atomic E-state index is 0.615. The summed E-state index contributed by atoms with van der Waals surface area (Å²) in [6, 6.07) is 3.72. The summed E-state index contributed by atoms with van der Waals surface area (Å²) in [6.07, 6.45) is 3.26. The van der Waals surface area contributed by atoms with E-state index >= 15 is 0 Å². The molecule has 2 N–H and O–H groups in total. The number of hydrogen-bond acceptors (Lipinski definition) is 6. The van der Waals surface area contributed by atoms with E-state index in [2.05, 4.69) is 30.6 Å². The fraction of sp³-hybridized carbons (Fsp3) is 0.273. The molecule has 0 fully saturated rings. The third-order valence-corrected chi connectivity index (χ3v) is 2.21. The molecule has 0 amide bonds. The second kappa shape index (κ2) is 5.20. The second-order valence-corrected chi connectivity index (χ2v) is 3.49. The van der Waals surface area contributed by atoms with Crippen molar-refractivity contribution in [2.24, 2.45) is 0 Å². The summed E-state index contributed by atoms with van der Waals surface area (Å²) < 4.78 is 0. The highest BCUT2D eigenvalue weighted by molar-refractivity contribution is 5.45. The predicted octanol–water partition coefficient (Wildman–Crippen LogP) is 1.23. The Bertz CT molecular complexity index is 499. The Morgan fingerprint density at radius 2 is 2.00 bits per heavy atom. The smallest absolute Gasteiger partial charge is 0.131 e. The van der Waals surface area contributed by atoms with Gasteiger partial charge < -0.3 is 10.6 Å². The van der Waals surface area contributed by atoms with Gasteiger partial charge in [-0.25, -0.2) is 19.9 Å². The maximum atomic E-state index is 4.30. The lowest BCUT2D eigenvalue weighted by Gasteiger charge is -2.06. The van der Waals surface area contributed by atoms with Crippen molar-refractivity contribution in [1.29, 1.82) is 0 Å². The fourth-order valence-electron chi connectivity index (χ4n) is 1.38. The lowest BCUT2D eigenvalue weighted by atomic mass is 10.4. The van der Waals surface area contributed by atoms with Crippen LogP contribution in [0.2, 0.25) is 0 Å². The van der Waals surface area contributed by atoms with Crippen LogP contribution in [0.15, 0.2) is 24.7 Å². The Hall–Kier alpha value is -2.24. The Labute approximate surface area is 99.6 Å². The molecule has 0 unspecified atom stereocenters. The molecule has 6 nitrogen and oxygen atoms in total. The third kappa shape index (κ3) is 3.10. The van der Waals surface area contributed by atoms with Crippen LogP contribution in [-0.4, -0.2) is 27.0 Å². The van der Waals surface area contributed by atoms with Crippen molar-refractivity contribution in [3.63, 3.8) is 0 Å². The molecule has 0 atom stereocenters. The molecule has 0 radical (unpaired) electrons. The monoisotopic (exact) mass is 230 g/mol. The van der Waals surface area contributed by atoms with E-state index in [0.29, 0.717) is 6.54 Å². The summed E-state index contributed by atoms with van der Waals surface area (Å²) in [4.78, 5) is 16.5. The molecule has 2 aromatic heterocycles. The first-order valence-corrected chi connectivity index (χ1v) is 5.30. The average molecular weight is 230 g/mol. The zero-order chi connectivity index (χ0) is 12.1. The summed E-state index contributed by atoms with van der Waals surface area (Å²) >= 11 is 0. The van der Waals surface area contributed by atoms with Gasteiger partial charge in [-0.15, -0.1) is 0 Å². The fourth-order valence-corrected chi connectivity index (χ4v) is 1.38. The standard InChI is InChI=1S/C11H14N6/c1-8-13-4-3-9(17-8)6-14-11-5-10(12-2)15-7-16-11/h3-5,7H,6H2,1-2H3,(H2,12,14,15,16). The van der Waals surface area contributed by atoms with E-state index in [-0.39, 0.29) is 0 Å². The van der Waals surface area contributed by atoms with Gasteiger partial charge in [0.15, 0.2) is 0 Å². The third-order valence-electron chi connectivity index (χ3n) is 2.21. The molecule has 2 aromatic rings. The Morgan fingerprint density at radius 3 is 2.76 bits per heavy atom. The van der Waals surface area contributed by atoms with Crippen molar-refractivity contribution in [3.05, 3.63) is 36.2 Å². The highest BCUT2D eigenvalue weighted by atomic mass is 15.1. The van der Waals surface area contributed by atoms with E-state index in [1.54, 1.807) is 6.20 Å². The molecule has 6 heteroatoms. The second-order valence-electron chi connectivity index (χ2n) is 3.49. The van der Waals surface area contributed by atoms with Crippen LogP contribution < -0.4 is 10.6 Å². The Kier molecular flexibility index (Phi) is 3.44. The van der Waals surface area contributed by atoms with Gasteiger partial charge in [0.1, 0.15) is 23.8 Å². The summed E-state index contributed by atoms with van der Waals surface area (Å²) in [5.74, 6) is 2.31. The van der Waals surface area contributed by atoms with Crippen molar-refractivity contribution in [2.75, 3.05) is 17.7 Å². The number of nitrogens with zero attached hydrogens (tertiary/aromatic N) is 4. The summed E-state index contributed by atoms with van der Waals surface area (Å²) in [5, 5.41) is 6.14. The van der Waals surface area contributed by atoms with Crippen LogP contribution in [0.4, 0.5) is 11.6 Å². The zero-order valence-electron chi connectivity index (χ0n) is 9.81. The first-order chi connectivity index (χ1) is 8.28. The van der Waals surface area contributed by atoms with Crippen LogP contribution in [-0.2, 0) is 6.54 Å². The van der Waals surface area contributed by atoms with Crippen LogP contribution in [0.3, 0.4) is 0 Å². The van der Waals surface area contributed by atoms with Crippen LogP contribution in [0, 0.1) is 6.92 Å². The number of rotatable bonds is 4. The van der Waals surface area contributed by atoms with Crippen LogP contribution in [0.5, 0.6) is 0 Å². The largest absolute Gasteiger partial charge is 0.373 e. The van der Waals surface area contributed by atoms with E-state index in [4.69, 9.17) is 0 Å². The Balaban J connectivity index is 2.02. The van der Waals surface area contributed by atoms with Gasteiger partial charge in [-0.1, -0.05) is 0 Å². The maximum absolute atomic E-state index is 4.30. The summed E-state index contributed by atoms with van der Waals surface area (Å²) in [6.45, 7) is 2.48. The van der Waals surface area contributed by atoms with Crippen LogP contribution in [0.25, 0.3) is 0 Å². The normalized spacial score (nSPS) is 10.0. The molecule has 88 valence electrons. The number of hydrogen-bond donors (Lipinski definition) is 2. The molecule has 0 aliphatic heterocycles. The number of aromatic nitrogens is 4. The quantitative estimate of drug-likeness (QED) is 0.822. The molecule has 0 aliphatic rings. The molecular weight excluding hydrogens is 216 g/mol. The molecule has 2 heterocycles. The lowest BCUT2D eigenvalue weighted by Crippen LogP contribution is -2.05. The molecular formula is C11H14N6. The lowest BCUT2D eigenvalue weighted by molar-refractivity contribution is 0.948. The van der Waals surface area contributed by atoms with Crippen LogP contribution in [0.1, 0.15) is 11.5 Å². The molecule has 0 saturated carbocycles. The molecule has 0 spiro atoms. The zero-order valence-corrected chi connectivity index (χ0v) is 9.81. The van der Waals surface area contributed by atoms with Crippen molar-refractivity contribution in [1.82, 2.24) is 19.9 Å². The van der Waals surface area contributed by atoms with Crippen molar-refractivity contribution < 1.29 is 0 Å². The molecule has 0 saturated heterocycles. The minimum Gasteiger partial charge on any atom is -0.373 e. The average Bonchev–Trinajstić information content (AvgIpc) is 2.37. The van der Waals surface area contributed by atoms with E-state index in [1.165, 1.54) is 6.33 Å². The predicted molar refractivity (Wildman–Crippen MR) is 65.7 cm³/mol. The molecule has 0 bridgehead atoms. The van der Waals surface area contributed by atoms with Gasteiger partial charge in [0.2, 0.25) is 0 Å². The molecule has 0 aliphatic carbocycles. The minimum atomic E-state index is 0.615. The number of anilines is 2. The van der Waals surface area contributed by atoms with Crippen molar-refractivity contribution in [2.45, 2.75) is 13.5 Å². The van der Waals surface area contributed by atoms with Gasteiger partial charge in [-0.2, -0.15) is 0 Å². The SMILES string of the molecule is CNc1cc(NCc2ccnc(C)n2)ncn1. The Morgan fingerprint density at radius 1 is 1.18 bits per heavy atom. The molecule has 2 rings (SSSR count).